The van der Waals surface area contributed by atoms with Crippen molar-refractivity contribution in [3.05, 3.63) is 35.3 Å². The lowest BCUT2D eigenvalue weighted by molar-refractivity contribution is 0.563. The summed E-state index contributed by atoms with van der Waals surface area (Å²) >= 11 is 6.02. The number of fused-ring (bicyclic) bond motifs is 3. The van der Waals surface area contributed by atoms with Crippen LogP contribution in [0.4, 0.5) is 0 Å². The first-order valence-electron chi connectivity index (χ1n) is 4.57. The molecule has 0 saturated heterocycles. The third-order valence-corrected chi connectivity index (χ3v) is 2.56. The average Bonchev–Trinajstić information content (AvgIpc) is 2.61. The van der Waals surface area contributed by atoms with Crippen LogP contribution in [-0.2, 0) is 0 Å². The van der Waals surface area contributed by atoms with Crippen LogP contribution in [0, 0.1) is 6.92 Å². The molecule has 4 heteroatoms. The highest BCUT2D eigenvalue weighted by Gasteiger charge is 2.11. The summed E-state index contributed by atoms with van der Waals surface area (Å²) in [5.74, 6) is 0.602. The van der Waals surface area contributed by atoms with Crippen LogP contribution in [0.15, 0.2) is 28.7 Å². The minimum atomic E-state index is 0.389. The van der Waals surface area contributed by atoms with E-state index in [0.29, 0.717) is 22.1 Å². The number of aromatic nitrogens is 2. The SMILES string of the molecule is Cc1nc2c(Cl)nc3ccccc3c2o1. The predicted molar refractivity (Wildman–Crippen MR) is 59.1 cm³/mol. The standard InChI is InChI=1S/C11H7ClN2O/c1-6-13-9-10(15-6)7-4-2-3-5-8(7)14-11(9)12/h2-5H,1H3. The summed E-state index contributed by atoms with van der Waals surface area (Å²) in [5, 5.41) is 1.33. The van der Waals surface area contributed by atoms with Crippen molar-refractivity contribution in [2.45, 2.75) is 6.92 Å². The molecule has 1 aromatic carbocycles. The maximum Gasteiger partial charge on any atom is 0.192 e. The molecule has 0 saturated carbocycles. The Morgan fingerprint density at radius 2 is 2.00 bits per heavy atom. The third kappa shape index (κ3) is 1.20. The molecule has 3 aromatic rings. The largest absolute Gasteiger partial charge is 0.440 e. The van der Waals surface area contributed by atoms with Gasteiger partial charge in [-0.05, 0) is 12.1 Å². The van der Waals surface area contributed by atoms with Gasteiger partial charge >= 0.3 is 0 Å². The normalized spacial score (nSPS) is 11.3. The van der Waals surface area contributed by atoms with Gasteiger partial charge < -0.3 is 4.42 Å². The van der Waals surface area contributed by atoms with E-state index in [0.717, 1.165) is 10.9 Å². The molecule has 0 aliphatic rings. The molecule has 0 amide bonds. The number of pyridine rings is 1. The van der Waals surface area contributed by atoms with E-state index in [-0.39, 0.29) is 0 Å². The molecule has 2 aromatic heterocycles. The topological polar surface area (TPSA) is 38.9 Å². The summed E-state index contributed by atoms with van der Waals surface area (Å²) in [7, 11) is 0. The van der Waals surface area contributed by atoms with Crippen LogP contribution in [0.1, 0.15) is 5.89 Å². The molecule has 3 rings (SSSR count). The first kappa shape index (κ1) is 8.68. The summed E-state index contributed by atoms with van der Waals surface area (Å²) in [6.45, 7) is 1.80. The van der Waals surface area contributed by atoms with Gasteiger partial charge in [0.1, 0.15) is 5.52 Å². The van der Waals surface area contributed by atoms with E-state index in [1.165, 1.54) is 0 Å². The first-order valence-corrected chi connectivity index (χ1v) is 4.95. The van der Waals surface area contributed by atoms with E-state index in [1.807, 2.05) is 24.3 Å². The van der Waals surface area contributed by atoms with E-state index < -0.39 is 0 Å². The Bertz CT molecular complexity index is 660. The van der Waals surface area contributed by atoms with Crippen LogP contribution in [-0.4, -0.2) is 9.97 Å². The van der Waals surface area contributed by atoms with E-state index >= 15 is 0 Å². The second-order valence-corrected chi connectivity index (χ2v) is 3.69. The van der Waals surface area contributed by atoms with Gasteiger partial charge in [0.2, 0.25) is 0 Å². The van der Waals surface area contributed by atoms with Crippen molar-refractivity contribution in [1.82, 2.24) is 9.97 Å². The summed E-state index contributed by atoms with van der Waals surface area (Å²) in [6, 6.07) is 7.71. The molecule has 3 nitrogen and oxygen atoms in total. The molecule has 0 fully saturated rings. The van der Waals surface area contributed by atoms with E-state index in [4.69, 9.17) is 16.0 Å². The summed E-state index contributed by atoms with van der Waals surface area (Å²) < 4.78 is 5.53. The fraction of sp³-hybridized carbons (Fsp3) is 0.0909. The van der Waals surface area contributed by atoms with Crippen molar-refractivity contribution in [2.75, 3.05) is 0 Å². The van der Waals surface area contributed by atoms with Gasteiger partial charge in [-0.2, -0.15) is 0 Å². The molecular weight excluding hydrogens is 212 g/mol. The molecule has 2 heterocycles. The summed E-state index contributed by atoms with van der Waals surface area (Å²) in [6.07, 6.45) is 0. The number of nitrogens with zero attached hydrogens (tertiary/aromatic N) is 2. The third-order valence-electron chi connectivity index (χ3n) is 2.30. The average molecular weight is 219 g/mol. The fourth-order valence-electron chi connectivity index (χ4n) is 1.67. The lowest BCUT2D eigenvalue weighted by Gasteiger charge is -1.97. The highest BCUT2D eigenvalue weighted by Crippen LogP contribution is 2.28. The Morgan fingerprint density at radius 1 is 1.20 bits per heavy atom. The molecule has 0 atom stereocenters. The number of oxazole rings is 1. The highest BCUT2D eigenvalue weighted by molar-refractivity contribution is 6.34. The molecule has 0 unspecified atom stereocenters. The number of hydrogen-bond donors (Lipinski definition) is 0. The summed E-state index contributed by atoms with van der Waals surface area (Å²) in [5.41, 5.74) is 2.17. The van der Waals surface area contributed by atoms with Gasteiger partial charge in [-0.3, -0.25) is 0 Å². The highest BCUT2D eigenvalue weighted by atomic mass is 35.5. The van der Waals surface area contributed by atoms with Crippen molar-refractivity contribution in [3.63, 3.8) is 0 Å². The number of halogens is 1. The van der Waals surface area contributed by atoms with Crippen molar-refractivity contribution in [2.24, 2.45) is 0 Å². The minimum absolute atomic E-state index is 0.389. The van der Waals surface area contributed by atoms with Crippen molar-refractivity contribution in [1.29, 1.82) is 0 Å². The van der Waals surface area contributed by atoms with Gasteiger partial charge in [-0.15, -0.1) is 0 Å². The second kappa shape index (κ2) is 2.94. The van der Waals surface area contributed by atoms with Crippen LogP contribution >= 0.6 is 11.6 Å². The van der Waals surface area contributed by atoms with Gasteiger partial charge in [-0.1, -0.05) is 23.7 Å². The number of hydrogen-bond acceptors (Lipinski definition) is 3. The number of benzene rings is 1. The van der Waals surface area contributed by atoms with Gasteiger partial charge in [0.25, 0.3) is 0 Å². The molecule has 0 bridgehead atoms. The Kier molecular flexibility index (Phi) is 1.70. The molecular formula is C11H7ClN2O. The van der Waals surface area contributed by atoms with E-state index in [9.17, 15) is 0 Å². The maximum atomic E-state index is 6.02. The molecule has 74 valence electrons. The van der Waals surface area contributed by atoms with Crippen molar-refractivity contribution in [3.8, 4) is 0 Å². The van der Waals surface area contributed by atoms with Crippen LogP contribution < -0.4 is 0 Å². The Hall–Kier alpha value is -1.61. The Balaban J connectivity index is 2.63. The van der Waals surface area contributed by atoms with E-state index in [2.05, 4.69) is 9.97 Å². The minimum Gasteiger partial charge on any atom is -0.440 e. The van der Waals surface area contributed by atoms with Crippen LogP contribution in [0.3, 0.4) is 0 Å². The lowest BCUT2D eigenvalue weighted by Crippen LogP contribution is -1.82. The smallest absolute Gasteiger partial charge is 0.192 e. The molecule has 0 spiro atoms. The lowest BCUT2D eigenvalue weighted by atomic mass is 10.2. The Morgan fingerprint density at radius 3 is 2.87 bits per heavy atom. The first-order chi connectivity index (χ1) is 7.25. The zero-order chi connectivity index (χ0) is 10.4. The summed E-state index contributed by atoms with van der Waals surface area (Å²) in [4.78, 5) is 8.46. The monoisotopic (exact) mass is 218 g/mol. The number of aryl methyl sites for hydroxylation is 1. The molecule has 0 N–H and O–H groups in total. The van der Waals surface area contributed by atoms with Crippen LogP contribution in [0.2, 0.25) is 5.15 Å². The van der Waals surface area contributed by atoms with E-state index in [1.54, 1.807) is 6.92 Å². The molecule has 0 aliphatic heterocycles. The molecule has 0 aliphatic carbocycles. The molecule has 15 heavy (non-hydrogen) atoms. The van der Waals surface area contributed by atoms with Crippen LogP contribution in [0.25, 0.3) is 22.0 Å². The van der Waals surface area contributed by atoms with Gasteiger partial charge in [0, 0.05) is 12.3 Å². The van der Waals surface area contributed by atoms with Crippen LogP contribution in [0.5, 0.6) is 0 Å². The number of para-hydroxylation sites is 1. The van der Waals surface area contributed by atoms with Gasteiger partial charge in [0.15, 0.2) is 16.6 Å². The fourth-order valence-corrected chi connectivity index (χ4v) is 1.89. The Labute approximate surface area is 90.7 Å². The van der Waals surface area contributed by atoms with Gasteiger partial charge in [0.05, 0.1) is 5.52 Å². The quantitative estimate of drug-likeness (QED) is 0.544. The zero-order valence-corrected chi connectivity index (χ0v) is 8.75. The number of rotatable bonds is 0. The zero-order valence-electron chi connectivity index (χ0n) is 7.99. The maximum absolute atomic E-state index is 6.02. The molecule has 0 radical (unpaired) electrons. The van der Waals surface area contributed by atoms with Crippen molar-refractivity contribution < 1.29 is 4.42 Å². The second-order valence-electron chi connectivity index (χ2n) is 3.33. The van der Waals surface area contributed by atoms with Crippen molar-refractivity contribution >= 4 is 33.6 Å². The van der Waals surface area contributed by atoms with Gasteiger partial charge in [-0.25, -0.2) is 9.97 Å². The predicted octanol–water partition coefficient (Wildman–Crippen LogP) is 3.34.